The second-order valence-electron chi connectivity index (χ2n) is 6.10. The lowest BCUT2D eigenvalue weighted by Gasteiger charge is -2.18. The van der Waals surface area contributed by atoms with Gasteiger partial charge in [-0.05, 0) is 49.2 Å². The summed E-state index contributed by atoms with van der Waals surface area (Å²) < 4.78 is 0. The van der Waals surface area contributed by atoms with Crippen molar-refractivity contribution in [2.75, 3.05) is 16.8 Å². The second kappa shape index (κ2) is 6.61. The highest BCUT2D eigenvalue weighted by Crippen LogP contribution is 2.27. The van der Waals surface area contributed by atoms with E-state index in [9.17, 15) is 9.59 Å². The molecule has 0 bridgehead atoms. The van der Waals surface area contributed by atoms with Crippen LogP contribution in [0.3, 0.4) is 0 Å². The minimum atomic E-state index is -0.393. The number of rotatable bonds is 3. The summed E-state index contributed by atoms with van der Waals surface area (Å²) in [5, 5.41) is 3.24. The lowest BCUT2D eigenvalue weighted by atomic mass is 10.1. The average Bonchev–Trinajstić information content (AvgIpc) is 2.91. The number of anilines is 2. The maximum absolute atomic E-state index is 12.4. The van der Waals surface area contributed by atoms with Gasteiger partial charge in [0, 0.05) is 24.8 Å². The predicted octanol–water partition coefficient (Wildman–Crippen LogP) is 3.34. The molecule has 1 aliphatic heterocycles. The van der Waals surface area contributed by atoms with E-state index in [1.54, 1.807) is 17.0 Å². The molecular weight excluding hydrogens is 326 g/mol. The second-order valence-corrected chi connectivity index (χ2v) is 6.54. The first-order valence-corrected chi connectivity index (χ1v) is 8.11. The van der Waals surface area contributed by atoms with Crippen LogP contribution in [0.4, 0.5) is 11.5 Å². The van der Waals surface area contributed by atoms with E-state index in [0.717, 1.165) is 16.8 Å². The molecule has 24 heavy (non-hydrogen) atoms. The van der Waals surface area contributed by atoms with E-state index in [1.165, 1.54) is 6.20 Å². The van der Waals surface area contributed by atoms with Gasteiger partial charge in [0.1, 0.15) is 5.82 Å². The topological polar surface area (TPSA) is 62.3 Å². The van der Waals surface area contributed by atoms with Crippen molar-refractivity contribution in [2.24, 2.45) is 5.92 Å². The molecule has 0 spiro atoms. The molecule has 1 aromatic heterocycles. The summed E-state index contributed by atoms with van der Waals surface area (Å²) in [5.41, 5.74) is 3.03. The third-order valence-electron chi connectivity index (χ3n) is 3.99. The van der Waals surface area contributed by atoms with E-state index in [1.807, 2.05) is 26.0 Å². The maximum Gasteiger partial charge on any atom is 0.230 e. The Balaban J connectivity index is 1.71. The lowest BCUT2D eigenvalue weighted by Crippen LogP contribution is -2.28. The van der Waals surface area contributed by atoms with Gasteiger partial charge < -0.3 is 10.2 Å². The van der Waals surface area contributed by atoms with Crippen LogP contribution in [0.25, 0.3) is 0 Å². The minimum absolute atomic E-state index is 0.0378. The van der Waals surface area contributed by atoms with Crippen molar-refractivity contribution in [2.45, 2.75) is 20.3 Å². The number of aromatic nitrogens is 1. The summed E-state index contributed by atoms with van der Waals surface area (Å²) in [5.74, 6) is -0.202. The van der Waals surface area contributed by atoms with Crippen LogP contribution in [0.15, 0.2) is 36.5 Å². The first-order valence-electron chi connectivity index (χ1n) is 7.73. The quantitative estimate of drug-likeness (QED) is 0.929. The van der Waals surface area contributed by atoms with Crippen LogP contribution in [0.1, 0.15) is 17.5 Å². The van der Waals surface area contributed by atoms with Crippen molar-refractivity contribution in [1.29, 1.82) is 0 Å². The fourth-order valence-corrected chi connectivity index (χ4v) is 3.03. The van der Waals surface area contributed by atoms with Gasteiger partial charge in [-0.1, -0.05) is 17.7 Å². The molecule has 1 fully saturated rings. The maximum atomic E-state index is 12.4. The van der Waals surface area contributed by atoms with Gasteiger partial charge >= 0.3 is 0 Å². The van der Waals surface area contributed by atoms with Gasteiger partial charge in [0.05, 0.1) is 10.9 Å². The summed E-state index contributed by atoms with van der Waals surface area (Å²) in [4.78, 5) is 30.4. The number of amides is 2. The van der Waals surface area contributed by atoms with Crippen LogP contribution >= 0.6 is 11.6 Å². The van der Waals surface area contributed by atoms with Gasteiger partial charge in [0.25, 0.3) is 0 Å². The van der Waals surface area contributed by atoms with Gasteiger partial charge in [-0.3, -0.25) is 9.59 Å². The Kier molecular flexibility index (Phi) is 4.53. The van der Waals surface area contributed by atoms with Crippen molar-refractivity contribution in [3.05, 3.63) is 52.7 Å². The van der Waals surface area contributed by atoms with Gasteiger partial charge in [-0.25, -0.2) is 4.98 Å². The third kappa shape index (κ3) is 3.57. The molecule has 1 N–H and O–H groups in total. The highest BCUT2D eigenvalue weighted by molar-refractivity contribution is 6.30. The summed E-state index contributed by atoms with van der Waals surface area (Å²) in [6, 6.07) is 9.28. The number of halogens is 1. The van der Waals surface area contributed by atoms with E-state index < -0.39 is 5.92 Å². The van der Waals surface area contributed by atoms with Crippen molar-refractivity contribution in [1.82, 2.24) is 4.98 Å². The number of aryl methyl sites for hydroxylation is 2. The van der Waals surface area contributed by atoms with Crippen molar-refractivity contribution in [3.63, 3.8) is 0 Å². The Morgan fingerprint density at radius 3 is 2.58 bits per heavy atom. The first-order chi connectivity index (χ1) is 11.4. The molecule has 124 valence electrons. The summed E-state index contributed by atoms with van der Waals surface area (Å²) >= 11 is 5.78. The summed E-state index contributed by atoms with van der Waals surface area (Å²) in [6.07, 6.45) is 1.67. The molecule has 2 heterocycles. The predicted molar refractivity (Wildman–Crippen MR) is 94.3 cm³/mol. The Bertz CT molecular complexity index is 769. The average molecular weight is 344 g/mol. The first kappa shape index (κ1) is 16.5. The minimum Gasteiger partial charge on any atom is -0.312 e. The molecule has 2 aromatic rings. The zero-order chi connectivity index (χ0) is 17.3. The number of carbonyl (C=O) groups excluding carboxylic acids is 2. The molecule has 1 unspecified atom stereocenters. The largest absolute Gasteiger partial charge is 0.312 e. The van der Waals surface area contributed by atoms with Gasteiger partial charge in [-0.2, -0.15) is 0 Å². The molecule has 0 saturated carbocycles. The lowest BCUT2D eigenvalue weighted by molar-refractivity contribution is -0.122. The Morgan fingerprint density at radius 2 is 1.96 bits per heavy atom. The normalized spacial score (nSPS) is 17.2. The van der Waals surface area contributed by atoms with E-state index >= 15 is 0 Å². The molecule has 1 aliphatic rings. The number of benzene rings is 1. The van der Waals surface area contributed by atoms with Crippen LogP contribution in [-0.4, -0.2) is 23.3 Å². The molecule has 0 aliphatic carbocycles. The van der Waals surface area contributed by atoms with Crippen LogP contribution in [-0.2, 0) is 9.59 Å². The van der Waals surface area contributed by atoms with Crippen LogP contribution in [0.5, 0.6) is 0 Å². The fraction of sp³-hybridized carbons (Fsp3) is 0.278. The number of nitrogens with one attached hydrogen (secondary N) is 1. The Hall–Kier alpha value is -2.40. The SMILES string of the molecule is Cc1cc(C)cc(N2CC(C(=O)Nc3ccc(Cl)cn3)CC2=O)c1. The van der Waals surface area contributed by atoms with Crippen LogP contribution < -0.4 is 10.2 Å². The van der Waals surface area contributed by atoms with Gasteiger partial charge in [0.2, 0.25) is 11.8 Å². The molecule has 3 rings (SSSR count). The number of pyridine rings is 1. The van der Waals surface area contributed by atoms with E-state index in [-0.39, 0.29) is 18.2 Å². The van der Waals surface area contributed by atoms with Gasteiger partial charge in [0.15, 0.2) is 0 Å². The molecule has 0 radical (unpaired) electrons. The zero-order valence-corrected chi connectivity index (χ0v) is 14.3. The monoisotopic (exact) mass is 343 g/mol. The number of hydrogen-bond donors (Lipinski definition) is 1. The molecular formula is C18H18ClN3O2. The van der Waals surface area contributed by atoms with Crippen molar-refractivity contribution < 1.29 is 9.59 Å². The summed E-state index contributed by atoms with van der Waals surface area (Å²) in [7, 11) is 0. The number of hydrogen-bond acceptors (Lipinski definition) is 3. The van der Waals surface area contributed by atoms with E-state index in [0.29, 0.717) is 17.4 Å². The third-order valence-corrected chi connectivity index (χ3v) is 4.22. The molecule has 2 amide bonds. The number of nitrogens with zero attached hydrogens (tertiary/aromatic N) is 2. The number of carbonyl (C=O) groups is 2. The Labute approximate surface area is 145 Å². The van der Waals surface area contributed by atoms with Crippen LogP contribution in [0, 0.1) is 19.8 Å². The van der Waals surface area contributed by atoms with Crippen molar-refractivity contribution in [3.8, 4) is 0 Å². The van der Waals surface area contributed by atoms with E-state index in [4.69, 9.17) is 11.6 Å². The highest BCUT2D eigenvalue weighted by atomic mass is 35.5. The zero-order valence-electron chi connectivity index (χ0n) is 13.5. The van der Waals surface area contributed by atoms with E-state index in [2.05, 4.69) is 16.4 Å². The molecule has 5 nitrogen and oxygen atoms in total. The fourth-order valence-electron chi connectivity index (χ4n) is 2.92. The standard InChI is InChI=1S/C18H18ClN3O2/c1-11-5-12(2)7-15(6-11)22-10-13(8-17(22)23)18(24)21-16-4-3-14(19)9-20-16/h3-7,9,13H,8,10H2,1-2H3,(H,20,21,24). The smallest absolute Gasteiger partial charge is 0.230 e. The Morgan fingerprint density at radius 1 is 1.25 bits per heavy atom. The van der Waals surface area contributed by atoms with Gasteiger partial charge in [-0.15, -0.1) is 0 Å². The molecule has 1 aromatic carbocycles. The molecule has 6 heteroatoms. The van der Waals surface area contributed by atoms with Crippen LogP contribution in [0.2, 0.25) is 5.02 Å². The molecule has 1 saturated heterocycles. The van der Waals surface area contributed by atoms with Crippen molar-refractivity contribution >= 4 is 34.9 Å². The molecule has 1 atom stereocenters. The highest BCUT2D eigenvalue weighted by Gasteiger charge is 2.35. The summed E-state index contributed by atoms with van der Waals surface area (Å²) in [6.45, 7) is 4.36.